The van der Waals surface area contributed by atoms with Crippen molar-refractivity contribution in [1.29, 1.82) is 0 Å². The van der Waals surface area contributed by atoms with E-state index < -0.39 is 0 Å². The summed E-state index contributed by atoms with van der Waals surface area (Å²) in [5.41, 5.74) is 2.79. The van der Waals surface area contributed by atoms with Crippen LogP contribution in [-0.4, -0.2) is 32.7 Å². The Bertz CT molecular complexity index is 557. The molecule has 5 heteroatoms. The number of nitrogens with zero attached hydrogens (tertiary/aromatic N) is 3. The van der Waals surface area contributed by atoms with Gasteiger partial charge in [0, 0.05) is 35.3 Å². The van der Waals surface area contributed by atoms with Gasteiger partial charge in [0.1, 0.15) is 5.82 Å². The van der Waals surface area contributed by atoms with Crippen molar-refractivity contribution in [2.75, 3.05) is 11.9 Å². The number of hydrogen-bond acceptors (Lipinski definition) is 5. The van der Waals surface area contributed by atoms with E-state index in [9.17, 15) is 0 Å². The van der Waals surface area contributed by atoms with Crippen molar-refractivity contribution in [2.45, 2.75) is 26.8 Å². The molecule has 2 aromatic rings. The summed E-state index contributed by atoms with van der Waals surface area (Å²) < 4.78 is 0. The Morgan fingerprint density at radius 3 is 2.74 bits per heavy atom. The van der Waals surface area contributed by atoms with Gasteiger partial charge in [-0.1, -0.05) is 0 Å². The molecule has 0 spiro atoms. The molecule has 0 aliphatic rings. The average molecular weight is 258 g/mol. The number of hydrogen-bond donors (Lipinski definition) is 2. The first-order valence-corrected chi connectivity index (χ1v) is 6.25. The molecule has 0 radical (unpaired) electrons. The minimum absolute atomic E-state index is 0.0465. The fourth-order valence-corrected chi connectivity index (χ4v) is 1.67. The molecule has 2 heterocycles. The lowest BCUT2D eigenvalue weighted by molar-refractivity contribution is 0.281. The third kappa shape index (κ3) is 3.06. The average Bonchev–Trinajstić information content (AvgIpc) is 2.44. The van der Waals surface area contributed by atoms with E-state index in [0.29, 0.717) is 5.82 Å². The van der Waals surface area contributed by atoms with Crippen LogP contribution in [0.2, 0.25) is 0 Å². The molecule has 2 rings (SSSR count). The first kappa shape index (κ1) is 13.4. The fraction of sp³-hybridized carbons (Fsp3) is 0.357. The molecule has 0 amide bonds. The topological polar surface area (TPSA) is 70.9 Å². The van der Waals surface area contributed by atoms with E-state index in [1.54, 1.807) is 12.4 Å². The number of nitrogens with one attached hydrogen (secondary N) is 1. The SMILES string of the molecule is Cc1nc(-c2cccnc2)nc(N[C@H](C)CO)c1C. The maximum atomic E-state index is 9.13. The normalized spacial score (nSPS) is 12.2. The van der Waals surface area contributed by atoms with E-state index in [-0.39, 0.29) is 12.6 Å². The molecule has 100 valence electrons. The molecule has 0 aliphatic heterocycles. The lowest BCUT2D eigenvalue weighted by atomic mass is 10.2. The van der Waals surface area contributed by atoms with Gasteiger partial charge in [0.05, 0.1) is 6.61 Å². The Morgan fingerprint density at radius 1 is 1.32 bits per heavy atom. The predicted molar refractivity (Wildman–Crippen MR) is 74.9 cm³/mol. The molecule has 2 aromatic heterocycles. The Labute approximate surface area is 112 Å². The minimum Gasteiger partial charge on any atom is -0.394 e. The van der Waals surface area contributed by atoms with Crippen LogP contribution in [0.3, 0.4) is 0 Å². The third-order valence-corrected chi connectivity index (χ3v) is 2.97. The molecule has 0 saturated carbocycles. The summed E-state index contributed by atoms with van der Waals surface area (Å²) in [5.74, 6) is 1.40. The quantitative estimate of drug-likeness (QED) is 0.877. The number of aliphatic hydroxyl groups is 1. The molecule has 0 saturated heterocycles. The van der Waals surface area contributed by atoms with Crippen molar-refractivity contribution in [1.82, 2.24) is 15.0 Å². The summed E-state index contributed by atoms with van der Waals surface area (Å²) in [7, 11) is 0. The molecule has 0 aromatic carbocycles. The molecule has 19 heavy (non-hydrogen) atoms. The molecule has 0 aliphatic carbocycles. The summed E-state index contributed by atoms with van der Waals surface area (Å²) >= 11 is 0. The zero-order valence-electron chi connectivity index (χ0n) is 11.4. The smallest absolute Gasteiger partial charge is 0.163 e. The van der Waals surface area contributed by atoms with Crippen LogP contribution in [0.4, 0.5) is 5.82 Å². The van der Waals surface area contributed by atoms with Crippen molar-refractivity contribution >= 4 is 5.82 Å². The van der Waals surface area contributed by atoms with Crippen molar-refractivity contribution in [3.63, 3.8) is 0 Å². The minimum atomic E-state index is -0.0465. The van der Waals surface area contributed by atoms with Crippen LogP contribution in [0.15, 0.2) is 24.5 Å². The summed E-state index contributed by atoms with van der Waals surface area (Å²) in [4.78, 5) is 13.1. The molecular formula is C14H18N4O. The van der Waals surface area contributed by atoms with Crippen molar-refractivity contribution in [3.8, 4) is 11.4 Å². The van der Waals surface area contributed by atoms with E-state index in [0.717, 1.165) is 22.6 Å². The number of rotatable bonds is 4. The number of aliphatic hydroxyl groups excluding tert-OH is 1. The number of pyridine rings is 1. The standard InChI is InChI=1S/C14H18N4O/c1-9(8-19)16-13-10(2)11(3)17-14(18-13)12-5-4-6-15-7-12/h4-7,9,19H,8H2,1-3H3,(H,16,17,18)/t9-/m1/s1. The summed E-state index contributed by atoms with van der Waals surface area (Å²) in [6, 6.07) is 3.74. The molecule has 0 fully saturated rings. The maximum absolute atomic E-state index is 9.13. The summed E-state index contributed by atoms with van der Waals surface area (Å²) in [6.45, 7) is 5.88. The van der Waals surface area contributed by atoms with Gasteiger partial charge in [0.15, 0.2) is 5.82 Å². The first-order valence-electron chi connectivity index (χ1n) is 6.25. The molecule has 1 atom stereocenters. The highest BCUT2D eigenvalue weighted by molar-refractivity contribution is 5.58. The fourth-order valence-electron chi connectivity index (χ4n) is 1.67. The zero-order chi connectivity index (χ0) is 13.8. The highest BCUT2D eigenvalue weighted by Crippen LogP contribution is 2.21. The second kappa shape index (κ2) is 5.75. The Balaban J connectivity index is 2.42. The lowest BCUT2D eigenvalue weighted by Gasteiger charge is -2.15. The van der Waals surface area contributed by atoms with Gasteiger partial charge in [-0.25, -0.2) is 9.97 Å². The Kier molecular flexibility index (Phi) is 4.06. The Hall–Kier alpha value is -2.01. The van der Waals surface area contributed by atoms with E-state index in [1.165, 1.54) is 0 Å². The highest BCUT2D eigenvalue weighted by Gasteiger charge is 2.11. The van der Waals surface area contributed by atoms with Crippen LogP contribution in [0, 0.1) is 13.8 Å². The Morgan fingerprint density at radius 2 is 2.11 bits per heavy atom. The number of aromatic nitrogens is 3. The van der Waals surface area contributed by atoms with Gasteiger partial charge in [-0.15, -0.1) is 0 Å². The maximum Gasteiger partial charge on any atom is 0.163 e. The van der Waals surface area contributed by atoms with Crippen LogP contribution in [0.1, 0.15) is 18.2 Å². The summed E-state index contributed by atoms with van der Waals surface area (Å²) in [5, 5.41) is 12.3. The van der Waals surface area contributed by atoms with Crippen molar-refractivity contribution in [3.05, 3.63) is 35.8 Å². The van der Waals surface area contributed by atoms with Gasteiger partial charge in [-0.05, 0) is 32.9 Å². The molecule has 0 unspecified atom stereocenters. The predicted octanol–water partition coefficient (Wildman–Crippen LogP) is 1.95. The van der Waals surface area contributed by atoms with Gasteiger partial charge >= 0.3 is 0 Å². The van der Waals surface area contributed by atoms with Crippen LogP contribution < -0.4 is 5.32 Å². The van der Waals surface area contributed by atoms with Crippen LogP contribution in [-0.2, 0) is 0 Å². The molecule has 2 N–H and O–H groups in total. The van der Waals surface area contributed by atoms with E-state index in [4.69, 9.17) is 5.11 Å². The summed E-state index contributed by atoms with van der Waals surface area (Å²) in [6.07, 6.45) is 3.46. The van der Waals surface area contributed by atoms with E-state index in [2.05, 4.69) is 20.3 Å². The van der Waals surface area contributed by atoms with E-state index >= 15 is 0 Å². The van der Waals surface area contributed by atoms with Crippen molar-refractivity contribution in [2.24, 2.45) is 0 Å². The van der Waals surface area contributed by atoms with Gasteiger partial charge in [-0.2, -0.15) is 0 Å². The van der Waals surface area contributed by atoms with Gasteiger partial charge in [-0.3, -0.25) is 4.98 Å². The molecule has 0 bridgehead atoms. The van der Waals surface area contributed by atoms with Gasteiger partial charge in [0.2, 0.25) is 0 Å². The second-order valence-electron chi connectivity index (χ2n) is 4.58. The number of aryl methyl sites for hydroxylation is 1. The van der Waals surface area contributed by atoms with Gasteiger partial charge in [0.25, 0.3) is 0 Å². The first-order chi connectivity index (χ1) is 9.11. The van der Waals surface area contributed by atoms with Crippen LogP contribution >= 0.6 is 0 Å². The lowest BCUT2D eigenvalue weighted by Crippen LogP contribution is -2.21. The molecule has 5 nitrogen and oxygen atoms in total. The number of anilines is 1. The monoisotopic (exact) mass is 258 g/mol. The van der Waals surface area contributed by atoms with Crippen molar-refractivity contribution < 1.29 is 5.11 Å². The zero-order valence-corrected chi connectivity index (χ0v) is 11.4. The van der Waals surface area contributed by atoms with Gasteiger partial charge < -0.3 is 10.4 Å². The molecular weight excluding hydrogens is 240 g/mol. The largest absolute Gasteiger partial charge is 0.394 e. The van der Waals surface area contributed by atoms with Crippen LogP contribution in [0.5, 0.6) is 0 Å². The van der Waals surface area contributed by atoms with Crippen LogP contribution in [0.25, 0.3) is 11.4 Å². The third-order valence-electron chi connectivity index (χ3n) is 2.97. The highest BCUT2D eigenvalue weighted by atomic mass is 16.3. The van der Waals surface area contributed by atoms with E-state index in [1.807, 2.05) is 32.9 Å². The second-order valence-corrected chi connectivity index (χ2v) is 4.58.